The van der Waals surface area contributed by atoms with E-state index in [9.17, 15) is 0 Å². The summed E-state index contributed by atoms with van der Waals surface area (Å²) in [5.74, 6) is 0.838. The molecule has 2 nitrogen and oxygen atoms in total. The van der Waals surface area contributed by atoms with Gasteiger partial charge in [0, 0.05) is 19.2 Å². The van der Waals surface area contributed by atoms with Gasteiger partial charge in [-0.3, -0.25) is 0 Å². The minimum absolute atomic E-state index is 0.159. The summed E-state index contributed by atoms with van der Waals surface area (Å²) in [6.07, 6.45) is 13.3. The number of ether oxygens (including phenoxy) is 1. The molecule has 0 aliphatic heterocycles. The lowest BCUT2D eigenvalue weighted by Gasteiger charge is -2.40. The van der Waals surface area contributed by atoms with Gasteiger partial charge in [0.05, 0.1) is 5.60 Å². The molecule has 112 valence electrons. The van der Waals surface area contributed by atoms with E-state index < -0.39 is 0 Å². The Bertz CT molecular complexity index is 252. The number of rotatable bonds is 9. The molecule has 0 radical (unpaired) electrons. The second-order valence-electron chi connectivity index (χ2n) is 6.95. The topological polar surface area (TPSA) is 21.3 Å². The van der Waals surface area contributed by atoms with Crippen molar-refractivity contribution >= 4 is 0 Å². The zero-order valence-electron chi connectivity index (χ0n) is 13.0. The van der Waals surface area contributed by atoms with Gasteiger partial charge in [0.1, 0.15) is 0 Å². The van der Waals surface area contributed by atoms with Crippen molar-refractivity contribution in [1.82, 2.24) is 5.32 Å². The van der Waals surface area contributed by atoms with E-state index in [2.05, 4.69) is 19.2 Å². The molecule has 1 N–H and O–H groups in total. The van der Waals surface area contributed by atoms with Crippen LogP contribution in [0.3, 0.4) is 0 Å². The Kier molecular flexibility index (Phi) is 6.15. The molecule has 2 aliphatic carbocycles. The quantitative estimate of drug-likeness (QED) is 0.629. The third-order valence-electron chi connectivity index (χ3n) is 4.75. The number of nitrogens with one attached hydrogen (secondary N) is 1. The molecule has 0 aromatic carbocycles. The van der Waals surface area contributed by atoms with Crippen LogP contribution in [0.25, 0.3) is 0 Å². The van der Waals surface area contributed by atoms with Crippen molar-refractivity contribution in [3.63, 3.8) is 0 Å². The fourth-order valence-electron chi connectivity index (χ4n) is 3.39. The van der Waals surface area contributed by atoms with Gasteiger partial charge in [-0.05, 0) is 38.0 Å². The molecular formula is C17H33NO. The summed E-state index contributed by atoms with van der Waals surface area (Å²) in [5.41, 5.74) is 0.159. The van der Waals surface area contributed by atoms with E-state index in [1.165, 1.54) is 64.2 Å². The molecule has 2 saturated carbocycles. The van der Waals surface area contributed by atoms with Crippen LogP contribution in [0.1, 0.15) is 78.1 Å². The van der Waals surface area contributed by atoms with Gasteiger partial charge in [-0.2, -0.15) is 0 Å². The molecule has 2 fully saturated rings. The Morgan fingerprint density at radius 2 is 2.00 bits per heavy atom. The number of hydrogen-bond donors (Lipinski definition) is 1. The van der Waals surface area contributed by atoms with E-state index >= 15 is 0 Å². The summed E-state index contributed by atoms with van der Waals surface area (Å²) in [6.45, 7) is 6.73. The van der Waals surface area contributed by atoms with Crippen LogP contribution >= 0.6 is 0 Å². The Morgan fingerprint density at radius 1 is 1.16 bits per heavy atom. The highest BCUT2D eigenvalue weighted by Crippen LogP contribution is 2.35. The standard InChI is InChI=1S/C17H33NO/c1-3-4-5-6-12-19-17(14-18-16-9-10-16)11-7-8-15(2)13-17/h15-16,18H,3-14H2,1-2H3. The molecule has 2 atom stereocenters. The van der Waals surface area contributed by atoms with Crippen molar-refractivity contribution in [3.05, 3.63) is 0 Å². The van der Waals surface area contributed by atoms with Crippen molar-refractivity contribution in [2.24, 2.45) is 5.92 Å². The largest absolute Gasteiger partial charge is 0.374 e. The molecule has 0 spiro atoms. The monoisotopic (exact) mass is 267 g/mol. The summed E-state index contributed by atoms with van der Waals surface area (Å²) in [6, 6.07) is 0.804. The van der Waals surface area contributed by atoms with Gasteiger partial charge < -0.3 is 10.1 Å². The molecule has 0 aromatic heterocycles. The Morgan fingerprint density at radius 3 is 2.68 bits per heavy atom. The maximum absolute atomic E-state index is 6.40. The lowest BCUT2D eigenvalue weighted by Crippen LogP contribution is -2.47. The second-order valence-corrected chi connectivity index (χ2v) is 6.95. The Balaban J connectivity index is 1.74. The van der Waals surface area contributed by atoms with Crippen LogP contribution in [0.15, 0.2) is 0 Å². The summed E-state index contributed by atoms with van der Waals surface area (Å²) in [5, 5.41) is 3.71. The minimum atomic E-state index is 0.159. The van der Waals surface area contributed by atoms with Crippen LogP contribution in [-0.4, -0.2) is 24.8 Å². The summed E-state index contributed by atoms with van der Waals surface area (Å²) < 4.78 is 6.40. The van der Waals surface area contributed by atoms with Crippen LogP contribution in [0.5, 0.6) is 0 Å². The smallest absolute Gasteiger partial charge is 0.0808 e. The van der Waals surface area contributed by atoms with Crippen molar-refractivity contribution in [2.75, 3.05) is 13.2 Å². The van der Waals surface area contributed by atoms with E-state index in [0.717, 1.165) is 25.1 Å². The molecule has 0 amide bonds. The van der Waals surface area contributed by atoms with E-state index in [-0.39, 0.29) is 5.60 Å². The fourth-order valence-corrected chi connectivity index (χ4v) is 3.39. The van der Waals surface area contributed by atoms with Crippen LogP contribution in [0.4, 0.5) is 0 Å². The fraction of sp³-hybridized carbons (Fsp3) is 1.00. The zero-order chi connectivity index (χ0) is 13.6. The predicted octanol–water partition coefficient (Wildman–Crippen LogP) is 4.28. The van der Waals surface area contributed by atoms with Crippen molar-refractivity contribution < 1.29 is 4.74 Å². The number of hydrogen-bond acceptors (Lipinski definition) is 2. The SMILES string of the molecule is CCCCCCOC1(CNC2CC2)CCCC(C)C1. The van der Waals surface area contributed by atoms with E-state index in [1.54, 1.807) is 0 Å². The normalized spacial score (nSPS) is 31.6. The maximum atomic E-state index is 6.40. The third kappa shape index (κ3) is 5.43. The molecule has 0 aromatic rings. The van der Waals surface area contributed by atoms with Gasteiger partial charge in [-0.1, -0.05) is 46.0 Å². The van der Waals surface area contributed by atoms with Crippen LogP contribution in [0, 0.1) is 5.92 Å². The van der Waals surface area contributed by atoms with Crippen LogP contribution in [-0.2, 0) is 4.74 Å². The Hall–Kier alpha value is -0.0800. The Labute approximate surface area is 119 Å². The van der Waals surface area contributed by atoms with E-state index in [1.807, 2.05) is 0 Å². The lowest BCUT2D eigenvalue weighted by atomic mass is 9.78. The number of unbranched alkanes of at least 4 members (excludes halogenated alkanes) is 3. The van der Waals surface area contributed by atoms with Gasteiger partial charge in [0.15, 0.2) is 0 Å². The highest BCUT2D eigenvalue weighted by atomic mass is 16.5. The van der Waals surface area contributed by atoms with E-state index in [4.69, 9.17) is 4.74 Å². The first-order chi connectivity index (χ1) is 9.24. The van der Waals surface area contributed by atoms with Gasteiger partial charge in [-0.15, -0.1) is 0 Å². The molecule has 0 saturated heterocycles. The van der Waals surface area contributed by atoms with Gasteiger partial charge >= 0.3 is 0 Å². The molecule has 0 heterocycles. The zero-order valence-corrected chi connectivity index (χ0v) is 13.0. The second kappa shape index (κ2) is 7.64. The summed E-state index contributed by atoms with van der Waals surface area (Å²) in [4.78, 5) is 0. The first-order valence-electron chi connectivity index (χ1n) is 8.61. The van der Waals surface area contributed by atoms with Crippen molar-refractivity contribution in [2.45, 2.75) is 89.7 Å². The molecule has 19 heavy (non-hydrogen) atoms. The summed E-state index contributed by atoms with van der Waals surface area (Å²) in [7, 11) is 0. The first-order valence-corrected chi connectivity index (χ1v) is 8.61. The first kappa shape index (κ1) is 15.3. The maximum Gasteiger partial charge on any atom is 0.0808 e. The predicted molar refractivity (Wildman–Crippen MR) is 81.5 cm³/mol. The van der Waals surface area contributed by atoms with Crippen molar-refractivity contribution in [1.29, 1.82) is 0 Å². The molecule has 2 heteroatoms. The van der Waals surface area contributed by atoms with Gasteiger partial charge in [0.25, 0.3) is 0 Å². The molecular weight excluding hydrogens is 234 g/mol. The van der Waals surface area contributed by atoms with Gasteiger partial charge in [0.2, 0.25) is 0 Å². The van der Waals surface area contributed by atoms with Crippen LogP contribution in [0.2, 0.25) is 0 Å². The molecule has 2 rings (SSSR count). The molecule has 2 aliphatic rings. The average molecular weight is 267 g/mol. The van der Waals surface area contributed by atoms with Crippen LogP contribution < -0.4 is 5.32 Å². The van der Waals surface area contributed by atoms with Gasteiger partial charge in [-0.25, -0.2) is 0 Å². The molecule has 2 unspecified atom stereocenters. The minimum Gasteiger partial charge on any atom is -0.374 e. The molecule has 0 bridgehead atoms. The van der Waals surface area contributed by atoms with E-state index in [0.29, 0.717) is 0 Å². The summed E-state index contributed by atoms with van der Waals surface area (Å²) >= 11 is 0. The third-order valence-corrected chi connectivity index (χ3v) is 4.75. The van der Waals surface area contributed by atoms with Crippen molar-refractivity contribution in [3.8, 4) is 0 Å². The highest BCUT2D eigenvalue weighted by Gasteiger charge is 2.37. The lowest BCUT2D eigenvalue weighted by molar-refractivity contribution is -0.0806. The average Bonchev–Trinajstić information content (AvgIpc) is 3.21. The highest BCUT2D eigenvalue weighted by molar-refractivity contribution is 4.92.